The molecule has 0 fully saturated rings. The molecule has 2 rings (SSSR count). The first-order valence-electron chi connectivity index (χ1n) is 6.13. The summed E-state index contributed by atoms with van der Waals surface area (Å²) < 4.78 is 27.2. The minimum absolute atomic E-state index is 0.0561. The van der Waals surface area contributed by atoms with E-state index in [1.807, 2.05) is 0 Å². The Kier molecular flexibility index (Phi) is 4.78. The van der Waals surface area contributed by atoms with Gasteiger partial charge in [-0.1, -0.05) is 41.4 Å². The molecule has 0 saturated carbocycles. The average molecular weight is 345 g/mol. The normalized spacial score (nSPS) is 13.1. The first-order valence-corrected chi connectivity index (χ1v) is 8.37. The number of hydrogen-bond acceptors (Lipinski definition) is 3. The fourth-order valence-electron chi connectivity index (χ4n) is 1.87. The smallest absolute Gasteiger partial charge is 0.241 e. The summed E-state index contributed by atoms with van der Waals surface area (Å²) in [5, 5.41) is 0.700. The van der Waals surface area contributed by atoms with Crippen LogP contribution in [0.5, 0.6) is 0 Å². The first kappa shape index (κ1) is 16.1. The van der Waals surface area contributed by atoms with Gasteiger partial charge in [0.15, 0.2) is 0 Å². The summed E-state index contributed by atoms with van der Waals surface area (Å²) in [4.78, 5) is 0.0561. The number of nitrogens with two attached hydrogens (primary N) is 1. The highest BCUT2D eigenvalue weighted by Crippen LogP contribution is 2.26. The standard InChI is InChI=1S/C14H14Cl2N2O2S/c1-9(11-4-2-3-5-12(11)15)18-21(19,20)10-6-7-14(17)13(16)8-10/h2-9,18H,17H2,1H3. The van der Waals surface area contributed by atoms with Crippen molar-refractivity contribution >= 4 is 38.9 Å². The highest BCUT2D eigenvalue weighted by atomic mass is 35.5. The fourth-order valence-corrected chi connectivity index (χ4v) is 3.66. The van der Waals surface area contributed by atoms with E-state index in [9.17, 15) is 8.42 Å². The summed E-state index contributed by atoms with van der Waals surface area (Å²) in [6.45, 7) is 1.72. The van der Waals surface area contributed by atoms with Crippen LogP contribution in [0.1, 0.15) is 18.5 Å². The van der Waals surface area contributed by atoms with Gasteiger partial charge in [0.25, 0.3) is 0 Å². The Balaban J connectivity index is 2.29. The summed E-state index contributed by atoms with van der Waals surface area (Å²) in [6, 6.07) is 10.8. The van der Waals surface area contributed by atoms with Crippen LogP contribution >= 0.6 is 23.2 Å². The van der Waals surface area contributed by atoms with Crippen molar-refractivity contribution in [2.24, 2.45) is 0 Å². The van der Waals surface area contributed by atoms with Crippen molar-refractivity contribution in [1.29, 1.82) is 0 Å². The van der Waals surface area contributed by atoms with Crippen LogP contribution in [0.3, 0.4) is 0 Å². The Morgan fingerprint density at radius 1 is 1.10 bits per heavy atom. The van der Waals surface area contributed by atoms with E-state index in [0.29, 0.717) is 16.3 Å². The van der Waals surface area contributed by atoms with Crippen molar-refractivity contribution < 1.29 is 8.42 Å². The number of halogens is 2. The largest absolute Gasteiger partial charge is 0.398 e. The number of anilines is 1. The molecule has 2 aromatic rings. The van der Waals surface area contributed by atoms with Gasteiger partial charge >= 0.3 is 0 Å². The predicted octanol–water partition coefficient (Wildman–Crippen LogP) is 3.62. The molecule has 2 aromatic carbocycles. The molecule has 0 aliphatic rings. The van der Waals surface area contributed by atoms with E-state index in [1.54, 1.807) is 31.2 Å². The summed E-state index contributed by atoms with van der Waals surface area (Å²) in [5.41, 5.74) is 6.61. The minimum Gasteiger partial charge on any atom is -0.398 e. The zero-order valence-corrected chi connectivity index (χ0v) is 13.5. The summed E-state index contributed by atoms with van der Waals surface area (Å²) in [7, 11) is -3.71. The second kappa shape index (κ2) is 6.23. The molecule has 0 bridgehead atoms. The molecule has 1 unspecified atom stereocenters. The Hall–Kier alpha value is -1.27. The fraction of sp³-hybridized carbons (Fsp3) is 0.143. The number of hydrogen-bond donors (Lipinski definition) is 2. The van der Waals surface area contributed by atoms with E-state index in [1.165, 1.54) is 18.2 Å². The van der Waals surface area contributed by atoms with Gasteiger partial charge in [0, 0.05) is 11.1 Å². The van der Waals surface area contributed by atoms with Gasteiger partial charge < -0.3 is 5.73 Å². The number of nitrogen functional groups attached to an aromatic ring is 1. The molecule has 0 aliphatic heterocycles. The van der Waals surface area contributed by atoms with E-state index in [2.05, 4.69) is 4.72 Å². The van der Waals surface area contributed by atoms with Gasteiger partial charge in [0.1, 0.15) is 0 Å². The van der Waals surface area contributed by atoms with Crippen molar-refractivity contribution in [3.63, 3.8) is 0 Å². The summed E-state index contributed by atoms with van der Waals surface area (Å²) in [5.74, 6) is 0. The van der Waals surface area contributed by atoms with Crippen LogP contribution in [0.4, 0.5) is 5.69 Å². The third kappa shape index (κ3) is 3.68. The van der Waals surface area contributed by atoms with Crippen LogP contribution in [0.2, 0.25) is 10.0 Å². The van der Waals surface area contributed by atoms with Gasteiger partial charge in [-0.3, -0.25) is 0 Å². The molecule has 112 valence electrons. The Labute approximate surface area is 133 Å². The molecule has 0 saturated heterocycles. The van der Waals surface area contributed by atoms with E-state index < -0.39 is 16.1 Å². The van der Waals surface area contributed by atoms with Crippen LogP contribution < -0.4 is 10.5 Å². The van der Waals surface area contributed by atoms with Crippen LogP contribution in [-0.2, 0) is 10.0 Å². The lowest BCUT2D eigenvalue weighted by molar-refractivity contribution is 0.567. The lowest BCUT2D eigenvalue weighted by atomic mass is 10.1. The highest BCUT2D eigenvalue weighted by Gasteiger charge is 2.20. The summed E-state index contributed by atoms with van der Waals surface area (Å²) in [6.07, 6.45) is 0. The van der Waals surface area contributed by atoms with Crippen LogP contribution in [0.15, 0.2) is 47.4 Å². The zero-order valence-electron chi connectivity index (χ0n) is 11.2. The quantitative estimate of drug-likeness (QED) is 0.832. The van der Waals surface area contributed by atoms with Gasteiger partial charge in [0.05, 0.1) is 15.6 Å². The molecule has 21 heavy (non-hydrogen) atoms. The predicted molar refractivity (Wildman–Crippen MR) is 86.1 cm³/mol. The van der Waals surface area contributed by atoms with Gasteiger partial charge in [-0.05, 0) is 36.8 Å². The van der Waals surface area contributed by atoms with E-state index in [4.69, 9.17) is 28.9 Å². The van der Waals surface area contributed by atoms with Crippen molar-refractivity contribution in [2.75, 3.05) is 5.73 Å². The third-order valence-corrected chi connectivity index (χ3v) is 5.20. The van der Waals surface area contributed by atoms with Gasteiger partial charge in [-0.25, -0.2) is 13.1 Å². The Morgan fingerprint density at radius 3 is 2.38 bits per heavy atom. The first-order chi connectivity index (χ1) is 9.81. The SMILES string of the molecule is CC(NS(=O)(=O)c1ccc(N)c(Cl)c1)c1ccccc1Cl. The molecule has 0 aliphatic carbocycles. The average Bonchev–Trinajstić information content (AvgIpc) is 2.41. The Bertz CT molecular complexity index is 763. The topological polar surface area (TPSA) is 72.2 Å². The van der Waals surface area contributed by atoms with Gasteiger partial charge in [-0.2, -0.15) is 0 Å². The van der Waals surface area contributed by atoms with Crippen LogP contribution in [0, 0.1) is 0 Å². The maximum absolute atomic E-state index is 12.3. The molecular weight excluding hydrogens is 331 g/mol. The molecule has 7 heteroatoms. The monoisotopic (exact) mass is 344 g/mol. The maximum atomic E-state index is 12.3. The second-order valence-corrected chi connectivity index (χ2v) is 7.08. The van der Waals surface area contributed by atoms with Gasteiger partial charge in [-0.15, -0.1) is 0 Å². The van der Waals surface area contributed by atoms with E-state index >= 15 is 0 Å². The molecule has 3 N–H and O–H groups in total. The highest BCUT2D eigenvalue weighted by molar-refractivity contribution is 7.89. The maximum Gasteiger partial charge on any atom is 0.241 e. The summed E-state index contributed by atoms with van der Waals surface area (Å²) >= 11 is 11.9. The van der Waals surface area contributed by atoms with Crippen LogP contribution in [-0.4, -0.2) is 8.42 Å². The molecular formula is C14H14Cl2N2O2S. The van der Waals surface area contributed by atoms with E-state index in [0.717, 1.165) is 0 Å². The van der Waals surface area contributed by atoms with Crippen LogP contribution in [0.25, 0.3) is 0 Å². The molecule has 0 amide bonds. The Morgan fingerprint density at radius 2 is 1.76 bits per heavy atom. The molecule has 0 spiro atoms. The van der Waals surface area contributed by atoms with Crippen molar-refractivity contribution in [2.45, 2.75) is 17.9 Å². The molecule has 1 atom stereocenters. The lowest BCUT2D eigenvalue weighted by Gasteiger charge is -2.16. The minimum atomic E-state index is -3.71. The van der Waals surface area contributed by atoms with E-state index in [-0.39, 0.29) is 9.92 Å². The zero-order chi connectivity index (χ0) is 15.6. The van der Waals surface area contributed by atoms with Crippen molar-refractivity contribution in [3.05, 3.63) is 58.1 Å². The van der Waals surface area contributed by atoms with Crippen molar-refractivity contribution in [1.82, 2.24) is 4.72 Å². The van der Waals surface area contributed by atoms with Crippen molar-refractivity contribution in [3.8, 4) is 0 Å². The third-order valence-electron chi connectivity index (χ3n) is 2.99. The lowest BCUT2D eigenvalue weighted by Crippen LogP contribution is -2.27. The second-order valence-electron chi connectivity index (χ2n) is 4.55. The molecule has 4 nitrogen and oxygen atoms in total. The number of sulfonamides is 1. The number of rotatable bonds is 4. The van der Waals surface area contributed by atoms with Gasteiger partial charge in [0.2, 0.25) is 10.0 Å². The molecule has 0 heterocycles. The number of nitrogens with one attached hydrogen (secondary N) is 1. The molecule has 0 aromatic heterocycles. The molecule has 0 radical (unpaired) electrons. The number of benzene rings is 2.